The number of fused-ring (bicyclic) bond motifs is 2. The predicted octanol–water partition coefficient (Wildman–Crippen LogP) is 7.94. The minimum Gasteiger partial charge on any atom is -0.494 e. The van der Waals surface area contributed by atoms with Crippen molar-refractivity contribution in [2.24, 2.45) is 5.92 Å². The Labute approximate surface area is 204 Å². The maximum Gasteiger partial charge on any atom is 0.184 e. The average molecular weight is 478 g/mol. The number of halogens is 1. The fourth-order valence-corrected chi connectivity index (χ4v) is 6.30. The second-order valence-corrected chi connectivity index (χ2v) is 10.4. The molecular formula is C28H32FN3OS. The van der Waals surface area contributed by atoms with Crippen LogP contribution in [-0.2, 0) is 0 Å². The van der Waals surface area contributed by atoms with E-state index in [1.807, 2.05) is 25.3 Å². The van der Waals surface area contributed by atoms with Gasteiger partial charge in [-0.15, -0.1) is 0 Å². The smallest absolute Gasteiger partial charge is 0.184 e. The lowest BCUT2D eigenvalue weighted by Crippen LogP contribution is -2.24. The first-order valence-corrected chi connectivity index (χ1v) is 13.3. The average Bonchev–Trinajstić information content (AvgIpc) is 3.25. The molecule has 0 aliphatic heterocycles. The highest BCUT2D eigenvalue weighted by molar-refractivity contribution is 7.22. The fraction of sp³-hybridized carbons (Fsp3) is 0.429. The summed E-state index contributed by atoms with van der Waals surface area (Å²) in [7, 11) is 0. The number of nitrogens with one attached hydrogen (secondary N) is 1. The Morgan fingerprint density at radius 1 is 1.06 bits per heavy atom. The molecule has 1 unspecified atom stereocenters. The number of pyridine rings is 1. The van der Waals surface area contributed by atoms with Crippen LogP contribution in [0, 0.1) is 11.7 Å². The van der Waals surface area contributed by atoms with Gasteiger partial charge in [0.15, 0.2) is 5.13 Å². The van der Waals surface area contributed by atoms with E-state index in [0.717, 1.165) is 57.7 Å². The zero-order valence-electron chi connectivity index (χ0n) is 19.9. The van der Waals surface area contributed by atoms with Crippen LogP contribution >= 0.6 is 11.3 Å². The second kappa shape index (κ2) is 10.3. The van der Waals surface area contributed by atoms with Gasteiger partial charge in [-0.2, -0.15) is 0 Å². The van der Waals surface area contributed by atoms with Gasteiger partial charge < -0.3 is 10.1 Å². The predicted molar refractivity (Wildman–Crippen MR) is 140 cm³/mol. The van der Waals surface area contributed by atoms with Gasteiger partial charge in [0.1, 0.15) is 11.6 Å². The number of nitrogens with zero attached hydrogens (tertiary/aromatic N) is 2. The summed E-state index contributed by atoms with van der Waals surface area (Å²) >= 11 is 1.70. The summed E-state index contributed by atoms with van der Waals surface area (Å²) in [5.74, 6) is 1.91. The molecule has 178 valence electrons. The molecule has 1 atom stereocenters. The molecule has 0 radical (unpaired) electrons. The third-order valence-corrected chi connectivity index (χ3v) is 8.08. The van der Waals surface area contributed by atoms with Crippen LogP contribution in [0.15, 0.2) is 48.7 Å². The number of hydrogen-bond acceptors (Lipinski definition) is 5. The highest BCUT2D eigenvalue weighted by Crippen LogP contribution is 2.40. The molecule has 2 aromatic carbocycles. The van der Waals surface area contributed by atoms with E-state index >= 15 is 0 Å². The van der Waals surface area contributed by atoms with Gasteiger partial charge in [0, 0.05) is 17.6 Å². The van der Waals surface area contributed by atoms with Crippen molar-refractivity contribution >= 4 is 37.6 Å². The first-order chi connectivity index (χ1) is 16.6. The van der Waals surface area contributed by atoms with E-state index in [9.17, 15) is 4.39 Å². The third-order valence-electron chi connectivity index (χ3n) is 7.13. The Morgan fingerprint density at radius 2 is 1.88 bits per heavy atom. The molecule has 6 heteroatoms. The Morgan fingerprint density at radius 3 is 2.68 bits per heavy atom. The lowest BCUT2D eigenvalue weighted by atomic mass is 9.76. The number of thiazole rings is 1. The third kappa shape index (κ3) is 5.02. The summed E-state index contributed by atoms with van der Waals surface area (Å²) in [6.07, 6.45) is 8.83. The first kappa shape index (κ1) is 23.0. The van der Waals surface area contributed by atoms with E-state index in [0.29, 0.717) is 24.5 Å². The highest BCUT2D eigenvalue weighted by Gasteiger charge is 2.26. The first-order valence-electron chi connectivity index (χ1n) is 12.5. The molecule has 0 amide bonds. The van der Waals surface area contributed by atoms with Crippen molar-refractivity contribution in [1.29, 1.82) is 0 Å². The van der Waals surface area contributed by atoms with Crippen LogP contribution in [0.2, 0.25) is 0 Å². The summed E-state index contributed by atoms with van der Waals surface area (Å²) in [6.45, 7) is 4.92. The van der Waals surface area contributed by atoms with Gasteiger partial charge in [0.05, 0.1) is 22.3 Å². The molecule has 34 heavy (non-hydrogen) atoms. The maximum atomic E-state index is 13.9. The Kier molecular flexibility index (Phi) is 6.95. The monoisotopic (exact) mass is 477 g/mol. The van der Waals surface area contributed by atoms with Crippen LogP contribution in [0.25, 0.3) is 21.1 Å². The SMILES string of the molecule is CCOc1ccc2nc(NC(CC)C[C@H]3CC[C@@H](c4ccnc5ccc(F)cc54)CC3)sc2c1. The summed E-state index contributed by atoms with van der Waals surface area (Å²) in [4.78, 5) is 9.22. The molecule has 0 bridgehead atoms. The van der Waals surface area contributed by atoms with Crippen LogP contribution in [0.1, 0.15) is 63.9 Å². The van der Waals surface area contributed by atoms with E-state index in [1.54, 1.807) is 23.5 Å². The molecule has 1 N–H and O–H groups in total. The van der Waals surface area contributed by atoms with E-state index in [1.165, 1.54) is 24.5 Å². The highest BCUT2D eigenvalue weighted by atomic mass is 32.1. The number of hydrogen-bond donors (Lipinski definition) is 1. The molecule has 5 rings (SSSR count). The second-order valence-electron chi connectivity index (χ2n) is 9.35. The van der Waals surface area contributed by atoms with Gasteiger partial charge in [-0.1, -0.05) is 18.3 Å². The van der Waals surface area contributed by atoms with Crippen molar-refractivity contribution in [1.82, 2.24) is 9.97 Å². The van der Waals surface area contributed by atoms with Crippen LogP contribution in [0.5, 0.6) is 5.75 Å². The van der Waals surface area contributed by atoms with E-state index in [4.69, 9.17) is 9.72 Å². The van der Waals surface area contributed by atoms with Gasteiger partial charge in [0.25, 0.3) is 0 Å². The minimum atomic E-state index is -0.184. The lowest BCUT2D eigenvalue weighted by Gasteiger charge is -2.31. The van der Waals surface area contributed by atoms with Gasteiger partial charge >= 0.3 is 0 Å². The maximum absolute atomic E-state index is 13.9. The molecule has 2 aromatic heterocycles. The van der Waals surface area contributed by atoms with Crippen LogP contribution in [-0.4, -0.2) is 22.6 Å². The number of rotatable bonds is 8. The van der Waals surface area contributed by atoms with E-state index < -0.39 is 0 Å². The standard InChI is InChI=1S/C28H32FN3OS/c1-3-21(31-28-32-26-12-10-22(33-4-2)17-27(26)34-28)15-18-5-7-19(8-6-18)23-13-14-30-25-11-9-20(29)16-24(23)25/h9-14,16-19,21H,3-8,15H2,1-2H3,(H,31,32)/t18-,19+,21?. The molecule has 0 saturated heterocycles. The number of aromatic nitrogens is 2. The number of benzene rings is 2. The molecule has 1 saturated carbocycles. The van der Waals surface area contributed by atoms with E-state index in [-0.39, 0.29) is 5.82 Å². The molecule has 4 aromatic rings. The lowest BCUT2D eigenvalue weighted by molar-refractivity contribution is 0.297. The minimum absolute atomic E-state index is 0.184. The number of ether oxygens (including phenoxy) is 1. The van der Waals surface area contributed by atoms with Gasteiger partial charge in [0.2, 0.25) is 0 Å². The fourth-order valence-electron chi connectivity index (χ4n) is 5.33. The Bertz CT molecular complexity index is 1270. The van der Waals surface area contributed by atoms with Crippen molar-refractivity contribution in [2.45, 2.75) is 64.3 Å². The van der Waals surface area contributed by atoms with Crippen LogP contribution in [0.4, 0.5) is 9.52 Å². The molecule has 0 spiro atoms. The summed E-state index contributed by atoms with van der Waals surface area (Å²) in [5, 5.41) is 5.68. The van der Waals surface area contributed by atoms with Gasteiger partial charge in [-0.05, 0) is 105 Å². The largest absolute Gasteiger partial charge is 0.494 e. The molecule has 1 aliphatic rings. The molecule has 1 aliphatic carbocycles. The molecule has 1 fully saturated rings. The Balaban J connectivity index is 1.21. The Hall–Kier alpha value is -2.73. The molecule has 2 heterocycles. The van der Waals surface area contributed by atoms with Crippen LogP contribution in [0.3, 0.4) is 0 Å². The zero-order valence-corrected chi connectivity index (χ0v) is 20.7. The quantitative estimate of drug-likeness (QED) is 0.280. The summed E-state index contributed by atoms with van der Waals surface area (Å²) in [6, 6.07) is 13.6. The number of anilines is 1. The summed E-state index contributed by atoms with van der Waals surface area (Å²) in [5.41, 5.74) is 3.17. The van der Waals surface area contributed by atoms with Gasteiger partial charge in [-0.3, -0.25) is 4.98 Å². The van der Waals surface area contributed by atoms with Crippen molar-refractivity contribution < 1.29 is 9.13 Å². The topological polar surface area (TPSA) is 47.0 Å². The van der Waals surface area contributed by atoms with Crippen molar-refractivity contribution in [3.63, 3.8) is 0 Å². The van der Waals surface area contributed by atoms with E-state index in [2.05, 4.69) is 29.4 Å². The zero-order chi connectivity index (χ0) is 23.5. The van der Waals surface area contributed by atoms with Crippen molar-refractivity contribution in [3.8, 4) is 5.75 Å². The molecular weight excluding hydrogens is 445 g/mol. The van der Waals surface area contributed by atoms with Crippen molar-refractivity contribution in [2.75, 3.05) is 11.9 Å². The normalized spacial score (nSPS) is 19.4. The van der Waals surface area contributed by atoms with Crippen LogP contribution < -0.4 is 10.1 Å². The molecule has 4 nitrogen and oxygen atoms in total. The van der Waals surface area contributed by atoms with Gasteiger partial charge in [-0.25, -0.2) is 9.37 Å². The van der Waals surface area contributed by atoms with Crippen molar-refractivity contribution in [3.05, 3.63) is 60.0 Å². The summed E-state index contributed by atoms with van der Waals surface area (Å²) < 4.78 is 20.7.